The molecule has 6 nitrogen and oxygen atoms in total. The van der Waals surface area contributed by atoms with Gasteiger partial charge in [-0.25, -0.2) is 9.78 Å². The van der Waals surface area contributed by atoms with Crippen LogP contribution in [0.3, 0.4) is 0 Å². The first-order valence-electron chi connectivity index (χ1n) is 7.94. The Morgan fingerprint density at radius 3 is 2.85 bits per heavy atom. The van der Waals surface area contributed by atoms with E-state index < -0.39 is 5.97 Å². The highest BCUT2D eigenvalue weighted by Gasteiger charge is 2.17. The molecule has 134 valence electrons. The summed E-state index contributed by atoms with van der Waals surface area (Å²) >= 11 is 1.53. The topological polar surface area (TPSA) is 72.6 Å². The van der Waals surface area contributed by atoms with Gasteiger partial charge in [0.15, 0.2) is 0 Å². The molecule has 1 amide bonds. The molecule has 0 aliphatic heterocycles. The first-order chi connectivity index (χ1) is 12.5. The summed E-state index contributed by atoms with van der Waals surface area (Å²) in [6, 6.07) is 9.43. The van der Waals surface area contributed by atoms with Gasteiger partial charge in [-0.3, -0.25) is 4.79 Å². The molecule has 0 unspecified atom stereocenters. The normalized spacial score (nSPS) is 11.2. The molecule has 0 saturated heterocycles. The first kappa shape index (κ1) is 17.9. The summed E-state index contributed by atoms with van der Waals surface area (Å²) < 4.78 is 11.3. The molecular formula is C19H18N2O4S. The van der Waals surface area contributed by atoms with Crippen molar-refractivity contribution in [3.05, 3.63) is 58.5 Å². The van der Waals surface area contributed by atoms with Crippen LogP contribution in [-0.4, -0.2) is 35.9 Å². The highest BCUT2D eigenvalue weighted by molar-refractivity contribution is 7.19. The molecule has 2 aromatic heterocycles. The van der Waals surface area contributed by atoms with E-state index in [0.717, 1.165) is 15.2 Å². The van der Waals surface area contributed by atoms with Crippen LogP contribution in [0.5, 0.6) is 0 Å². The number of methoxy groups -OCH3 is 1. The second-order valence-electron chi connectivity index (χ2n) is 5.72. The van der Waals surface area contributed by atoms with E-state index in [1.54, 1.807) is 26.1 Å². The molecule has 1 aromatic carbocycles. The molecule has 0 fully saturated rings. The zero-order valence-electron chi connectivity index (χ0n) is 14.7. The van der Waals surface area contributed by atoms with Crippen molar-refractivity contribution in [2.75, 3.05) is 14.2 Å². The lowest BCUT2D eigenvalue weighted by atomic mass is 10.2. The summed E-state index contributed by atoms with van der Waals surface area (Å²) in [5.74, 6) is 0.352. The summed E-state index contributed by atoms with van der Waals surface area (Å²) in [7, 11) is 2.98. The number of amides is 1. The number of aryl methyl sites for hydroxylation is 1. The Morgan fingerprint density at radius 1 is 1.35 bits per heavy atom. The fourth-order valence-corrected chi connectivity index (χ4v) is 3.35. The lowest BCUT2D eigenvalue weighted by Gasteiger charge is -2.12. The number of para-hydroxylation sites is 1. The number of rotatable bonds is 5. The van der Waals surface area contributed by atoms with Crippen molar-refractivity contribution >= 4 is 39.5 Å². The minimum atomic E-state index is -0.456. The first-order valence-corrected chi connectivity index (χ1v) is 8.76. The molecule has 0 saturated carbocycles. The molecule has 7 heteroatoms. The maximum Gasteiger partial charge on any atom is 0.341 e. The predicted octanol–water partition coefficient (Wildman–Crippen LogP) is 3.66. The van der Waals surface area contributed by atoms with Crippen molar-refractivity contribution in [3.63, 3.8) is 0 Å². The Kier molecular flexibility index (Phi) is 5.18. The molecule has 0 bridgehead atoms. The largest absolute Gasteiger partial charge is 0.465 e. The second kappa shape index (κ2) is 7.53. The minimum absolute atomic E-state index is 0.182. The van der Waals surface area contributed by atoms with Crippen molar-refractivity contribution in [3.8, 4) is 0 Å². The Balaban J connectivity index is 1.67. The van der Waals surface area contributed by atoms with Crippen molar-refractivity contribution < 1.29 is 18.7 Å². The predicted molar refractivity (Wildman–Crippen MR) is 99.9 cm³/mol. The van der Waals surface area contributed by atoms with Gasteiger partial charge in [-0.15, -0.1) is 11.3 Å². The van der Waals surface area contributed by atoms with Gasteiger partial charge in [-0.1, -0.05) is 12.1 Å². The maximum atomic E-state index is 12.3. The van der Waals surface area contributed by atoms with E-state index >= 15 is 0 Å². The van der Waals surface area contributed by atoms with Gasteiger partial charge in [0.2, 0.25) is 5.91 Å². The van der Waals surface area contributed by atoms with Gasteiger partial charge < -0.3 is 14.1 Å². The van der Waals surface area contributed by atoms with Crippen LogP contribution in [0, 0.1) is 6.92 Å². The average molecular weight is 370 g/mol. The molecule has 3 rings (SSSR count). The Bertz CT molecular complexity index is 954. The zero-order chi connectivity index (χ0) is 18.7. The number of thiazole rings is 1. The molecular weight excluding hydrogens is 352 g/mol. The van der Waals surface area contributed by atoms with Crippen LogP contribution >= 0.6 is 11.3 Å². The van der Waals surface area contributed by atoms with Crippen LogP contribution in [0.4, 0.5) is 0 Å². The Morgan fingerprint density at radius 2 is 2.12 bits per heavy atom. The molecule has 0 aliphatic carbocycles. The number of nitrogens with zero attached hydrogens (tertiary/aromatic N) is 2. The smallest absolute Gasteiger partial charge is 0.341 e. The maximum absolute atomic E-state index is 12.3. The summed E-state index contributed by atoms with van der Waals surface area (Å²) in [6.45, 7) is 1.94. The summed E-state index contributed by atoms with van der Waals surface area (Å²) in [5, 5.41) is 0.773. The third-order valence-electron chi connectivity index (χ3n) is 3.82. The molecule has 3 aromatic rings. The van der Waals surface area contributed by atoms with Crippen molar-refractivity contribution in [2.45, 2.75) is 13.5 Å². The van der Waals surface area contributed by atoms with Crippen molar-refractivity contribution in [2.24, 2.45) is 0 Å². The van der Waals surface area contributed by atoms with Crippen LogP contribution in [0.15, 0.2) is 40.8 Å². The zero-order valence-corrected chi connectivity index (χ0v) is 15.5. The number of carbonyl (C=O) groups excluding carboxylic acids is 2. The molecule has 26 heavy (non-hydrogen) atoms. The van der Waals surface area contributed by atoms with Gasteiger partial charge in [0.25, 0.3) is 0 Å². The van der Waals surface area contributed by atoms with E-state index in [1.807, 2.05) is 24.3 Å². The molecule has 0 atom stereocenters. The van der Waals surface area contributed by atoms with Gasteiger partial charge in [-0.05, 0) is 31.2 Å². The molecule has 0 N–H and O–H groups in total. The quantitative estimate of drug-likeness (QED) is 0.506. The van der Waals surface area contributed by atoms with Crippen LogP contribution in [0.1, 0.15) is 26.9 Å². The number of fused-ring (bicyclic) bond motifs is 1. The number of hydrogen-bond acceptors (Lipinski definition) is 6. The van der Waals surface area contributed by atoms with Crippen molar-refractivity contribution in [1.29, 1.82) is 0 Å². The van der Waals surface area contributed by atoms with Crippen LogP contribution in [0.25, 0.3) is 16.3 Å². The summed E-state index contributed by atoms with van der Waals surface area (Å²) in [5.41, 5.74) is 1.28. The number of benzene rings is 1. The molecule has 0 spiro atoms. The Hall–Kier alpha value is -2.93. The van der Waals surface area contributed by atoms with E-state index in [0.29, 0.717) is 17.1 Å². The lowest BCUT2D eigenvalue weighted by Crippen LogP contribution is -2.23. The van der Waals surface area contributed by atoms with Gasteiger partial charge in [0.05, 0.1) is 23.9 Å². The van der Waals surface area contributed by atoms with Gasteiger partial charge >= 0.3 is 5.97 Å². The number of hydrogen-bond donors (Lipinski definition) is 0. The minimum Gasteiger partial charge on any atom is -0.465 e. The van der Waals surface area contributed by atoms with Gasteiger partial charge in [0.1, 0.15) is 22.1 Å². The number of carbonyl (C=O) groups is 2. The Labute approximate surface area is 154 Å². The highest BCUT2D eigenvalue weighted by Crippen LogP contribution is 2.22. The highest BCUT2D eigenvalue weighted by atomic mass is 32.1. The van der Waals surface area contributed by atoms with E-state index in [-0.39, 0.29) is 12.5 Å². The second-order valence-corrected chi connectivity index (χ2v) is 6.78. The number of likely N-dealkylation sites (N-methyl/N-ethyl adjacent to an activating group) is 1. The van der Waals surface area contributed by atoms with Crippen LogP contribution in [0.2, 0.25) is 0 Å². The van der Waals surface area contributed by atoms with Crippen LogP contribution in [-0.2, 0) is 16.1 Å². The third-order valence-corrected chi connectivity index (χ3v) is 4.82. The van der Waals surface area contributed by atoms with Crippen LogP contribution < -0.4 is 0 Å². The number of furan rings is 1. The number of esters is 1. The van der Waals surface area contributed by atoms with Gasteiger partial charge in [0, 0.05) is 13.1 Å². The lowest BCUT2D eigenvalue weighted by molar-refractivity contribution is -0.125. The molecule has 0 radical (unpaired) electrons. The fourth-order valence-electron chi connectivity index (χ4n) is 2.48. The van der Waals surface area contributed by atoms with E-state index in [9.17, 15) is 9.59 Å². The van der Waals surface area contributed by atoms with Crippen molar-refractivity contribution in [1.82, 2.24) is 9.88 Å². The SMILES string of the molecule is COC(=O)c1cc(CN(C)C(=O)/C=C/c2nc3ccccc3s2)oc1C. The average Bonchev–Trinajstić information content (AvgIpc) is 3.21. The van der Waals surface area contributed by atoms with E-state index in [2.05, 4.69) is 4.98 Å². The van der Waals surface area contributed by atoms with Gasteiger partial charge in [-0.2, -0.15) is 0 Å². The number of ether oxygens (including phenoxy) is 1. The fraction of sp³-hybridized carbons (Fsp3) is 0.211. The monoisotopic (exact) mass is 370 g/mol. The third kappa shape index (κ3) is 3.83. The molecule has 0 aliphatic rings. The number of aromatic nitrogens is 1. The summed E-state index contributed by atoms with van der Waals surface area (Å²) in [4.78, 5) is 29.9. The summed E-state index contributed by atoms with van der Waals surface area (Å²) in [6.07, 6.45) is 3.19. The molecule has 2 heterocycles. The van der Waals surface area contributed by atoms with E-state index in [1.165, 1.54) is 29.4 Å². The van der Waals surface area contributed by atoms with E-state index in [4.69, 9.17) is 9.15 Å². The standard InChI is InChI=1S/C19H18N2O4S/c1-12-14(19(23)24-3)10-13(25-12)11-21(2)18(22)9-8-17-20-15-6-4-5-7-16(15)26-17/h4-10H,11H2,1-3H3/b9-8+.